The van der Waals surface area contributed by atoms with Gasteiger partial charge in [-0.2, -0.15) is 0 Å². The van der Waals surface area contributed by atoms with E-state index in [-0.39, 0.29) is 10.8 Å². The minimum Gasteiger partial charge on any atom is -0.322 e. The third-order valence-corrected chi connectivity index (χ3v) is 7.13. The van der Waals surface area contributed by atoms with Crippen LogP contribution in [0.5, 0.6) is 0 Å². The van der Waals surface area contributed by atoms with Crippen LogP contribution in [0.1, 0.15) is 33.5 Å². The molecule has 160 valence electrons. The molecule has 3 aromatic carbocycles. The first-order valence-electron chi connectivity index (χ1n) is 10.0. The summed E-state index contributed by atoms with van der Waals surface area (Å²) in [5.41, 5.74) is 4.48. The van der Waals surface area contributed by atoms with Crippen LogP contribution in [0.4, 0.5) is 15.8 Å². The van der Waals surface area contributed by atoms with E-state index in [9.17, 15) is 17.6 Å². The molecule has 0 aromatic heterocycles. The zero-order valence-corrected chi connectivity index (χ0v) is 18.2. The first-order chi connectivity index (χ1) is 14.7. The van der Waals surface area contributed by atoms with E-state index in [0.29, 0.717) is 29.9 Å². The summed E-state index contributed by atoms with van der Waals surface area (Å²) in [4.78, 5) is 12.8. The van der Waals surface area contributed by atoms with Crippen molar-refractivity contribution in [1.82, 2.24) is 0 Å². The summed E-state index contributed by atoms with van der Waals surface area (Å²) in [5.74, 6) is -0.745. The van der Waals surface area contributed by atoms with Gasteiger partial charge in [-0.1, -0.05) is 23.3 Å². The number of benzene rings is 3. The zero-order valence-electron chi connectivity index (χ0n) is 17.4. The highest BCUT2D eigenvalue weighted by Gasteiger charge is 2.29. The first kappa shape index (κ1) is 21.1. The van der Waals surface area contributed by atoms with Crippen LogP contribution in [0, 0.1) is 19.7 Å². The summed E-state index contributed by atoms with van der Waals surface area (Å²) >= 11 is 0. The van der Waals surface area contributed by atoms with Crippen LogP contribution in [-0.2, 0) is 16.4 Å². The fraction of sp³-hybridized carbons (Fsp3) is 0.208. The van der Waals surface area contributed by atoms with Crippen molar-refractivity contribution < 1.29 is 17.6 Å². The Morgan fingerprint density at radius 3 is 2.32 bits per heavy atom. The van der Waals surface area contributed by atoms with E-state index in [1.165, 1.54) is 16.4 Å². The van der Waals surface area contributed by atoms with Crippen LogP contribution < -0.4 is 9.62 Å². The summed E-state index contributed by atoms with van der Waals surface area (Å²) in [6.07, 6.45) is 1.43. The number of anilines is 2. The van der Waals surface area contributed by atoms with Gasteiger partial charge in [0, 0.05) is 17.8 Å². The Bertz CT molecular complexity index is 1230. The molecule has 1 aliphatic rings. The molecule has 0 saturated heterocycles. The van der Waals surface area contributed by atoms with Gasteiger partial charge in [0.15, 0.2) is 0 Å². The summed E-state index contributed by atoms with van der Waals surface area (Å²) in [6, 6.07) is 15.7. The highest BCUT2D eigenvalue weighted by molar-refractivity contribution is 7.92. The topological polar surface area (TPSA) is 66.5 Å². The predicted molar refractivity (Wildman–Crippen MR) is 120 cm³/mol. The first-order valence-corrected chi connectivity index (χ1v) is 11.5. The second-order valence-electron chi connectivity index (χ2n) is 7.81. The molecule has 4 rings (SSSR count). The summed E-state index contributed by atoms with van der Waals surface area (Å²) in [7, 11) is -3.85. The SMILES string of the molecule is Cc1cc(C)cc(C(=O)Nc2ccc3c(c2)N(S(=O)(=O)c2ccc(F)cc2)CCC3)c1. The Morgan fingerprint density at radius 2 is 1.65 bits per heavy atom. The summed E-state index contributed by atoms with van der Waals surface area (Å²) in [6.45, 7) is 4.18. The minimum absolute atomic E-state index is 0.0337. The Balaban J connectivity index is 1.66. The van der Waals surface area contributed by atoms with Crippen molar-refractivity contribution in [1.29, 1.82) is 0 Å². The van der Waals surface area contributed by atoms with Gasteiger partial charge in [0.25, 0.3) is 15.9 Å². The minimum atomic E-state index is -3.85. The number of carbonyl (C=O) groups excluding carboxylic acids is 1. The molecule has 7 heteroatoms. The lowest BCUT2D eigenvalue weighted by Crippen LogP contribution is -2.35. The van der Waals surface area contributed by atoms with Gasteiger partial charge >= 0.3 is 0 Å². The standard InChI is InChI=1S/C24H23FN2O3S/c1-16-12-17(2)14-19(13-16)24(28)26-21-8-5-18-4-3-11-27(23(18)15-21)31(29,30)22-9-6-20(25)7-10-22/h5-10,12-15H,3-4,11H2,1-2H3,(H,26,28). The molecule has 0 saturated carbocycles. The van der Waals surface area contributed by atoms with Gasteiger partial charge in [0.1, 0.15) is 5.82 Å². The van der Waals surface area contributed by atoms with Gasteiger partial charge in [-0.3, -0.25) is 9.10 Å². The van der Waals surface area contributed by atoms with Crippen molar-refractivity contribution in [2.45, 2.75) is 31.6 Å². The van der Waals surface area contributed by atoms with Crippen LogP contribution in [0.15, 0.2) is 65.6 Å². The molecular formula is C24H23FN2O3S. The van der Waals surface area contributed by atoms with Crippen LogP contribution in [-0.4, -0.2) is 20.9 Å². The number of amides is 1. The van der Waals surface area contributed by atoms with Crippen LogP contribution in [0.25, 0.3) is 0 Å². The molecule has 5 nitrogen and oxygen atoms in total. The summed E-state index contributed by atoms with van der Waals surface area (Å²) < 4.78 is 41.0. The van der Waals surface area contributed by atoms with Gasteiger partial charge in [-0.25, -0.2) is 12.8 Å². The number of carbonyl (C=O) groups is 1. The lowest BCUT2D eigenvalue weighted by atomic mass is 10.0. The lowest BCUT2D eigenvalue weighted by Gasteiger charge is -2.31. The highest BCUT2D eigenvalue weighted by Crippen LogP contribution is 2.34. The fourth-order valence-electron chi connectivity index (χ4n) is 3.91. The largest absolute Gasteiger partial charge is 0.322 e. The molecule has 0 radical (unpaired) electrons. The van der Waals surface area contributed by atoms with Crippen molar-refractivity contribution >= 4 is 27.3 Å². The van der Waals surface area contributed by atoms with Crippen molar-refractivity contribution in [3.05, 3.63) is 88.7 Å². The lowest BCUT2D eigenvalue weighted by molar-refractivity contribution is 0.102. The Labute approximate surface area is 181 Å². The van der Waals surface area contributed by atoms with Crippen LogP contribution in [0.3, 0.4) is 0 Å². The maximum Gasteiger partial charge on any atom is 0.264 e. The smallest absolute Gasteiger partial charge is 0.264 e. The van der Waals surface area contributed by atoms with E-state index < -0.39 is 15.8 Å². The number of nitrogens with zero attached hydrogens (tertiary/aromatic N) is 1. The molecule has 0 bridgehead atoms. The molecule has 1 N–H and O–H groups in total. The van der Waals surface area contributed by atoms with Crippen molar-refractivity contribution in [3.63, 3.8) is 0 Å². The molecule has 31 heavy (non-hydrogen) atoms. The molecule has 1 aliphatic heterocycles. The van der Waals surface area contributed by atoms with E-state index in [0.717, 1.165) is 35.2 Å². The number of hydrogen-bond acceptors (Lipinski definition) is 3. The van der Waals surface area contributed by atoms with Gasteiger partial charge in [0.05, 0.1) is 10.6 Å². The summed E-state index contributed by atoms with van der Waals surface area (Å²) in [5, 5.41) is 2.87. The van der Waals surface area contributed by atoms with Gasteiger partial charge < -0.3 is 5.32 Å². The number of rotatable bonds is 4. The number of aryl methyl sites for hydroxylation is 3. The zero-order chi connectivity index (χ0) is 22.2. The van der Waals surface area contributed by atoms with Gasteiger partial charge in [0.2, 0.25) is 0 Å². The number of halogens is 1. The second kappa shape index (κ2) is 8.15. The maximum absolute atomic E-state index is 13.3. The monoisotopic (exact) mass is 438 g/mol. The van der Waals surface area contributed by atoms with Crippen molar-refractivity contribution in [2.75, 3.05) is 16.2 Å². The number of fused-ring (bicyclic) bond motifs is 1. The Kier molecular flexibility index (Phi) is 5.54. The van der Waals surface area contributed by atoms with E-state index in [2.05, 4.69) is 5.32 Å². The van der Waals surface area contributed by atoms with Gasteiger partial charge in [-0.15, -0.1) is 0 Å². The molecule has 0 aliphatic carbocycles. The van der Waals surface area contributed by atoms with Crippen molar-refractivity contribution in [3.8, 4) is 0 Å². The number of hydrogen-bond donors (Lipinski definition) is 1. The Hall–Kier alpha value is -3.19. The molecule has 0 atom stereocenters. The molecule has 0 fully saturated rings. The van der Waals surface area contributed by atoms with Crippen LogP contribution >= 0.6 is 0 Å². The van der Waals surface area contributed by atoms with E-state index >= 15 is 0 Å². The molecule has 0 unspecified atom stereocenters. The quantitative estimate of drug-likeness (QED) is 0.634. The molecular weight excluding hydrogens is 415 g/mol. The van der Waals surface area contributed by atoms with E-state index in [1.807, 2.05) is 38.1 Å². The average molecular weight is 439 g/mol. The third kappa shape index (κ3) is 4.32. The molecule has 3 aromatic rings. The number of sulfonamides is 1. The fourth-order valence-corrected chi connectivity index (χ4v) is 5.44. The normalized spacial score (nSPS) is 13.6. The van der Waals surface area contributed by atoms with E-state index in [4.69, 9.17) is 0 Å². The van der Waals surface area contributed by atoms with Gasteiger partial charge in [-0.05, 0) is 80.8 Å². The third-order valence-electron chi connectivity index (χ3n) is 5.30. The van der Waals surface area contributed by atoms with Crippen molar-refractivity contribution in [2.24, 2.45) is 0 Å². The number of nitrogens with one attached hydrogen (secondary N) is 1. The van der Waals surface area contributed by atoms with Crippen LogP contribution in [0.2, 0.25) is 0 Å². The van der Waals surface area contributed by atoms with E-state index in [1.54, 1.807) is 12.1 Å². The molecule has 1 heterocycles. The maximum atomic E-state index is 13.3. The Morgan fingerprint density at radius 1 is 0.968 bits per heavy atom. The molecule has 0 spiro atoms. The average Bonchev–Trinajstić information content (AvgIpc) is 2.73. The highest BCUT2D eigenvalue weighted by atomic mass is 32.2. The second-order valence-corrected chi connectivity index (χ2v) is 9.67. The predicted octanol–water partition coefficient (Wildman–Crippen LogP) is 4.84. The molecule has 1 amide bonds.